The molecular formula is C14H20Cl2N2S. The molecule has 19 heavy (non-hydrogen) atoms. The molecule has 0 aliphatic heterocycles. The molecule has 0 aromatic heterocycles. The van der Waals surface area contributed by atoms with Crippen molar-refractivity contribution < 1.29 is 0 Å². The lowest BCUT2D eigenvalue weighted by atomic mass is 10.0. The van der Waals surface area contributed by atoms with Gasteiger partial charge in [-0.2, -0.15) is 0 Å². The van der Waals surface area contributed by atoms with Gasteiger partial charge in [0.15, 0.2) is 5.11 Å². The molecule has 1 rings (SSSR count). The predicted molar refractivity (Wildman–Crippen MR) is 89.4 cm³/mol. The minimum Gasteiger partial charge on any atom is -0.360 e. The number of hydrogen-bond donors (Lipinski definition) is 2. The van der Waals surface area contributed by atoms with Gasteiger partial charge in [-0.3, -0.25) is 0 Å². The lowest BCUT2D eigenvalue weighted by molar-refractivity contribution is 0.494. The number of hydrogen-bond acceptors (Lipinski definition) is 1. The molecule has 0 heterocycles. The van der Waals surface area contributed by atoms with Gasteiger partial charge in [-0.15, -0.1) is 0 Å². The van der Waals surface area contributed by atoms with Crippen LogP contribution in [0, 0.1) is 5.92 Å². The van der Waals surface area contributed by atoms with Crippen molar-refractivity contribution in [1.82, 2.24) is 5.32 Å². The van der Waals surface area contributed by atoms with Gasteiger partial charge in [-0.1, -0.05) is 37.0 Å². The minimum absolute atomic E-state index is 0.341. The van der Waals surface area contributed by atoms with Crippen LogP contribution in [-0.2, 0) is 0 Å². The average Bonchev–Trinajstić information content (AvgIpc) is 2.30. The fraction of sp³-hybridized carbons (Fsp3) is 0.500. The third-order valence-corrected chi connectivity index (χ3v) is 3.50. The summed E-state index contributed by atoms with van der Waals surface area (Å²) in [6.45, 7) is 6.56. The van der Waals surface area contributed by atoms with Crippen molar-refractivity contribution >= 4 is 46.2 Å². The Hall–Kier alpha value is -0.510. The second-order valence-corrected chi connectivity index (χ2v) is 6.35. The van der Waals surface area contributed by atoms with Gasteiger partial charge in [0.05, 0.1) is 10.7 Å². The largest absolute Gasteiger partial charge is 0.360 e. The zero-order chi connectivity index (χ0) is 14.4. The van der Waals surface area contributed by atoms with Gasteiger partial charge < -0.3 is 10.6 Å². The number of nitrogens with one attached hydrogen (secondary N) is 2. The van der Waals surface area contributed by atoms with E-state index in [1.807, 2.05) is 6.07 Å². The molecule has 0 aliphatic carbocycles. The van der Waals surface area contributed by atoms with Gasteiger partial charge in [0, 0.05) is 11.1 Å². The van der Waals surface area contributed by atoms with Gasteiger partial charge in [0.1, 0.15) is 0 Å². The Balaban J connectivity index is 2.46. The van der Waals surface area contributed by atoms with Crippen LogP contribution in [-0.4, -0.2) is 11.2 Å². The summed E-state index contributed by atoms with van der Waals surface area (Å²) in [6, 6.07) is 5.63. The van der Waals surface area contributed by atoms with E-state index in [0.29, 0.717) is 27.1 Å². The van der Waals surface area contributed by atoms with Crippen molar-refractivity contribution in [2.24, 2.45) is 5.92 Å². The summed E-state index contributed by atoms with van der Waals surface area (Å²) in [6.07, 6.45) is 2.27. The molecule has 1 aromatic carbocycles. The summed E-state index contributed by atoms with van der Waals surface area (Å²) in [5.74, 6) is 0.705. The van der Waals surface area contributed by atoms with Crippen molar-refractivity contribution in [3.63, 3.8) is 0 Å². The Bertz CT molecular complexity index is 435. The van der Waals surface area contributed by atoms with E-state index in [1.165, 1.54) is 6.42 Å². The van der Waals surface area contributed by atoms with Gasteiger partial charge in [-0.05, 0) is 56.1 Å². The summed E-state index contributed by atoms with van der Waals surface area (Å²) >= 11 is 17.2. The van der Waals surface area contributed by atoms with E-state index < -0.39 is 0 Å². The monoisotopic (exact) mass is 318 g/mol. The van der Waals surface area contributed by atoms with Gasteiger partial charge in [0.25, 0.3) is 0 Å². The Morgan fingerprint density at radius 1 is 1.21 bits per heavy atom. The first-order chi connectivity index (χ1) is 8.88. The summed E-state index contributed by atoms with van der Waals surface area (Å²) in [5.41, 5.74) is 0.764. The minimum atomic E-state index is 0.341. The van der Waals surface area contributed by atoms with Gasteiger partial charge in [0.2, 0.25) is 0 Å². The summed E-state index contributed by atoms with van der Waals surface area (Å²) in [5, 5.41) is 8.10. The molecule has 5 heteroatoms. The van der Waals surface area contributed by atoms with Crippen LogP contribution in [0.15, 0.2) is 18.2 Å². The molecule has 0 fully saturated rings. The zero-order valence-electron chi connectivity index (χ0n) is 11.5. The lowest BCUT2D eigenvalue weighted by Gasteiger charge is -2.18. The molecule has 106 valence electrons. The van der Waals surface area contributed by atoms with Crippen molar-refractivity contribution in [3.05, 3.63) is 28.2 Å². The smallest absolute Gasteiger partial charge is 0.171 e. The quantitative estimate of drug-likeness (QED) is 0.738. The Morgan fingerprint density at radius 3 is 2.47 bits per heavy atom. The molecule has 0 saturated carbocycles. The standard InChI is InChI=1S/C14H20Cl2N2S/c1-9(2)4-5-10(3)17-14(19)18-13-7-6-11(15)8-12(13)16/h6-10H,4-5H2,1-3H3,(H2,17,18,19). The molecule has 1 unspecified atom stereocenters. The molecule has 1 atom stereocenters. The van der Waals surface area contributed by atoms with E-state index >= 15 is 0 Å². The molecule has 0 amide bonds. The van der Waals surface area contributed by atoms with E-state index in [2.05, 4.69) is 31.4 Å². The summed E-state index contributed by atoms with van der Waals surface area (Å²) in [7, 11) is 0. The van der Waals surface area contributed by atoms with Crippen LogP contribution in [0.4, 0.5) is 5.69 Å². The van der Waals surface area contributed by atoms with E-state index in [4.69, 9.17) is 35.4 Å². The van der Waals surface area contributed by atoms with E-state index in [0.717, 1.165) is 12.1 Å². The zero-order valence-corrected chi connectivity index (χ0v) is 13.8. The van der Waals surface area contributed by atoms with Crippen LogP contribution in [0.5, 0.6) is 0 Å². The van der Waals surface area contributed by atoms with Crippen LogP contribution in [0.25, 0.3) is 0 Å². The highest BCUT2D eigenvalue weighted by Crippen LogP contribution is 2.25. The van der Waals surface area contributed by atoms with Gasteiger partial charge >= 0.3 is 0 Å². The first-order valence-corrected chi connectivity index (χ1v) is 7.57. The maximum absolute atomic E-state index is 6.08. The first kappa shape index (κ1) is 16.5. The van der Waals surface area contributed by atoms with Crippen LogP contribution >= 0.6 is 35.4 Å². The first-order valence-electron chi connectivity index (χ1n) is 6.41. The fourth-order valence-corrected chi connectivity index (χ4v) is 2.40. The Labute approximate surface area is 130 Å². The maximum atomic E-state index is 6.08. The Morgan fingerprint density at radius 2 is 1.89 bits per heavy atom. The second kappa shape index (κ2) is 7.93. The predicted octanol–water partition coefficient (Wildman–Crippen LogP) is 5.10. The molecule has 1 aromatic rings. The fourth-order valence-electron chi connectivity index (χ4n) is 1.63. The summed E-state index contributed by atoms with van der Waals surface area (Å²) in [4.78, 5) is 0. The number of halogens is 2. The molecule has 2 nitrogen and oxygen atoms in total. The normalized spacial score (nSPS) is 12.3. The van der Waals surface area contributed by atoms with E-state index in [1.54, 1.807) is 12.1 Å². The molecule has 0 spiro atoms. The van der Waals surface area contributed by atoms with Crippen LogP contribution < -0.4 is 10.6 Å². The van der Waals surface area contributed by atoms with Crippen LogP contribution in [0.2, 0.25) is 10.0 Å². The van der Waals surface area contributed by atoms with E-state index in [-0.39, 0.29) is 0 Å². The maximum Gasteiger partial charge on any atom is 0.171 e. The van der Waals surface area contributed by atoms with Crippen molar-refractivity contribution in [1.29, 1.82) is 0 Å². The Kier molecular flexibility index (Phi) is 6.90. The SMILES string of the molecule is CC(C)CCC(C)NC(=S)Nc1ccc(Cl)cc1Cl. The average molecular weight is 319 g/mol. The summed E-state index contributed by atoms with van der Waals surface area (Å²) < 4.78 is 0. The highest BCUT2D eigenvalue weighted by atomic mass is 35.5. The molecule has 0 radical (unpaired) electrons. The van der Waals surface area contributed by atoms with Crippen molar-refractivity contribution in [2.45, 2.75) is 39.7 Å². The molecule has 2 N–H and O–H groups in total. The topological polar surface area (TPSA) is 24.1 Å². The number of benzene rings is 1. The van der Waals surface area contributed by atoms with E-state index in [9.17, 15) is 0 Å². The number of anilines is 1. The second-order valence-electron chi connectivity index (χ2n) is 5.09. The number of rotatable bonds is 5. The number of thiocarbonyl (C=S) groups is 1. The highest BCUT2D eigenvalue weighted by molar-refractivity contribution is 7.80. The van der Waals surface area contributed by atoms with Crippen molar-refractivity contribution in [3.8, 4) is 0 Å². The third kappa shape index (κ3) is 6.46. The molecular weight excluding hydrogens is 299 g/mol. The molecule has 0 bridgehead atoms. The van der Waals surface area contributed by atoms with Crippen LogP contribution in [0.3, 0.4) is 0 Å². The molecule has 0 saturated heterocycles. The third-order valence-electron chi connectivity index (χ3n) is 2.73. The van der Waals surface area contributed by atoms with Gasteiger partial charge in [-0.25, -0.2) is 0 Å². The lowest BCUT2D eigenvalue weighted by Crippen LogP contribution is -2.36. The van der Waals surface area contributed by atoms with Crippen molar-refractivity contribution in [2.75, 3.05) is 5.32 Å². The molecule has 0 aliphatic rings. The highest BCUT2D eigenvalue weighted by Gasteiger charge is 2.07. The van der Waals surface area contributed by atoms with Crippen LogP contribution in [0.1, 0.15) is 33.6 Å².